The third kappa shape index (κ3) is 4.34. The smallest absolute Gasteiger partial charge is 0.248 e. The molecular formula is C17H26N2O. The third-order valence-electron chi connectivity index (χ3n) is 4.38. The fourth-order valence-electron chi connectivity index (χ4n) is 3.11. The Morgan fingerprint density at radius 3 is 2.40 bits per heavy atom. The average Bonchev–Trinajstić information content (AvgIpc) is 2.47. The Balaban J connectivity index is 1.74. The summed E-state index contributed by atoms with van der Waals surface area (Å²) in [4.78, 5) is 11.0. The molecule has 110 valence electrons. The summed E-state index contributed by atoms with van der Waals surface area (Å²) < 4.78 is 0. The van der Waals surface area contributed by atoms with E-state index in [0.29, 0.717) is 11.6 Å². The summed E-state index contributed by atoms with van der Waals surface area (Å²) >= 11 is 0. The van der Waals surface area contributed by atoms with Crippen LogP contribution in [0.5, 0.6) is 0 Å². The predicted octanol–water partition coefficient (Wildman–Crippen LogP) is 3.23. The van der Waals surface area contributed by atoms with Gasteiger partial charge in [0.15, 0.2) is 0 Å². The molecule has 0 spiro atoms. The minimum Gasteiger partial charge on any atom is -0.366 e. The molecule has 20 heavy (non-hydrogen) atoms. The third-order valence-corrected chi connectivity index (χ3v) is 4.38. The lowest BCUT2D eigenvalue weighted by molar-refractivity contribution is 0.100. The van der Waals surface area contributed by atoms with Crippen LogP contribution in [0.3, 0.4) is 0 Å². The maximum Gasteiger partial charge on any atom is 0.248 e. The first-order valence-electron chi connectivity index (χ1n) is 7.81. The van der Waals surface area contributed by atoms with E-state index < -0.39 is 0 Å². The molecule has 1 fully saturated rings. The molecule has 1 aromatic rings. The van der Waals surface area contributed by atoms with Gasteiger partial charge in [0.05, 0.1) is 0 Å². The molecule has 2 rings (SSSR count). The van der Waals surface area contributed by atoms with Crippen LogP contribution >= 0.6 is 0 Å². The van der Waals surface area contributed by atoms with Gasteiger partial charge in [-0.25, -0.2) is 0 Å². The molecule has 0 atom stereocenters. The van der Waals surface area contributed by atoms with Gasteiger partial charge in [0.1, 0.15) is 0 Å². The monoisotopic (exact) mass is 274 g/mol. The van der Waals surface area contributed by atoms with Crippen LogP contribution in [0, 0.1) is 5.92 Å². The Morgan fingerprint density at radius 1 is 1.20 bits per heavy atom. The van der Waals surface area contributed by atoms with Crippen LogP contribution in [0.25, 0.3) is 0 Å². The summed E-state index contributed by atoms with van der Waals surface area (Å²) in [7, 11) is 0. The van der Waals surface area contributed by atoms with E-state index in [2.05, 4.69) is 12.2 Å². The molecule has 0 aromatic heterocycles. The number of primary amides is 1. The second kappa shape index (κ2) is 7.44. The normalized spacial score (nSPS) is 22.6. The van der Waals surface area contributed by atoms with Gasteiger partial charge in [-0.3, -0.25) is 4.79 Å². The number of nitrogens with one attached hydrogen (secondary N) is 1. The van der Waals surface area contributed by atoms with Gasteiger partial charge in [-0.05, 0) is 49.3 Å². The maximum atomic E-state index is 11.0. The molecule has 3 N–H and O–H groups in total. The minimum atomic E-state index is -0.362. The van der Waals surface area contributed by atoms with Crippen LogP contribution in [0.4, 0.5) is 0 Å². The first-order valence-corrected chi connectivity index (χ1v) is 7.81. The van der Waals surface area contributed by atoms with Gasteiger partial charge in [0.25, 0.3) is 0 Å². The van der Waals surface area contributed by atoms with Crippen LogP contribution in [-0.4, -0.2) is 11.9 Å². The van der Waals surface area contributed by atoms with Crippen molar-refractivity contribution >= 4 is 5.91 Å². The van der Waals surface area contributed by atoms with Crippen LogP contribution in [-0.2, 0) is 6.54 Å². The highest BCUT2D eigenvalue weighted by atomic mass is 16.1. The van der Waals surface area contributed by atoms with Crippen molar-refractivity contribution in [2.45, 2.75) is 58.0 Å². The lowest BCUT2D eigenvalue weighted by atomic mass is 9.83. The van der Waals surface area contributed by atoms with Gasteiger partial charge in [-0.15, -0.1) is 0 Å². The molecule has 0 heterocycles. The zero-order valence-electron chi connectivity index (χ0n) is 12.4. The highest BCUT2D eigenvalue weighted by Crippen LogP contribution is 2.27. The molecule has 1 aromatic carbocycles. The van der Waals surface area contributed by atoms with Crippen molar-refractivity contribution in [3.8, 4) is 0 Å². The number of hydrogen-bond acceptors (Lipinski definition) is 2. The summed E-state index contributed by atoms with van der Waals surface area (Å²) in [6.07, 6.45) is 8.03. The van der Waals surface area contributed by atoms with Crippen molar-refractivity contribution in [1.29, 1.82) is 0 Å². The number of rotatable bonds is 6. The van der Waals surface area contributed by atoms with E-state index in [0.717, 1.165) is 12.5 Å². The van der Waals surface area contributed by atoms with E-state index >= 15 is 0 Å². The van der Waals surface area contributed by atoms with Crippen molar-refractivity contribution in [2.75, 3.05) is 0 Å². The average molecular weight is 274 g/mol. The number of carbonyl (C=O) groups is 1. The second-order valence-electron chi connectivity index (χ2n) is 5.95. The molecule has 0 saturated heterocycles. The Kier molecular flexibility index (Phi) is 5.60. The lowest BCUT2D eigenvalue weighted by Crippen LogP contribution is -2.32. The molecule has 0 bridgehead atoms. The highest BCUT2D eigenvalue weighted by molar-refractivity contribution is 5.92. The Bertz CT molecular complexity index is 419. The van der Waals surface area contributed by atoms with Crippen molar-refractivity contribution in [1.82, 2.24) is 5.32 Å². The van der Waals surface area contributed by atoms with Crippen LogP contribution in [0.15, 0.2) is 24.3 Å². The summed E-state index contributed by atoms with van der Waals surface area (Å²) in [6, 6.07) is 8.22. The molecule has 0 unspecified atom stereocenters. The van der Waals surface area contributed by atoms with Gasteiger partial charge in [-0.1, -0.05) is 31.9 Å². The Morgan fingerprint density at radius 2 is 1.85 bits per heavy atom. The molecule has 0 aliphatic heterocycles. The SMILES string of the molecule is CCCC1CCC(NCc2ccc(C(N)=O)cc2)CC1. The van der Waals surface area contributed by atoms with E-state index in [1.165, 1.54) is 44.1 Å². The zero-order valence-corrected chi connectivity index (χ0v) is 12.4. The summed E-state index contributed by atoms with van der Waals surface area (Å²) in [5.41, 5.74) is 7.03. The van der Waals surface area contributed by atoms with E-state index in [1.807, 2.05) is 12.1 Å². The molecule has 1 amide bonds. The van der Waals surface area contributed by atoms with E-state index in [4.69, 9.17) is 5.73 Å². The zero-order chi connectivity index (χ0) is 14.4. The van der Waals surface area contributed by atoms with Crippen molar-refractivity contribution < 1.29 is 4.79 Å². The van der Waals surface area contributed by atoms with Crippen molar-refractivity contribution in [3.63, 3.8) is 0 Å². The van der Waals surface area contributed by atoms with E-state index in [1.54, 1.807) is 12.1 Å². The molecule has 1 aliphatic rings. The lowest BCUT2D eigenvalue weighted by Gasteiger charge is -2.29. The van der Waals surface area contributed by atoms with Gasteiger partial charge < -0.3 is 11.1 Å². The van der Waals surface area contributed by atoms with Gasteiger partial charge >= 0.3 is 0 Å². The second-order valence-corrected chi connectivity index (χ2v) is 5.95. The number of hydrogen-bond donors (Lipinski definition) is 2. The standard InChI is InChI=1S/C17H26N2O/c1-2-3-13-6-10-16(11-7-13)19-12-14-4-8-15(9-5-14)17(18)20/h4-5,8-9,13,16,19H,2-3,6-7,10-12H2,1H3,(H2,18,20). The molecule has 1 saturated carbocycles. The van der Waals surface area contributed by atoms with E-state index in [-0.39, 0.29) is 5.91 Å². The molecule has 3 nitrogen and oxygen atoms in total. The van der Waals surface area contributed by atoms with Gasteiger partial charge in [0.2, 0.25) is 5.91 Å². The predicted molar refractivity (Wildman–Crippen MR) is 82.5 cm³/mol. The van der Waals surface area contributed by atoms with Crippen LogP contribution in [0.1, 0.15) is 61.4 Å². The summed E-state index contributed by atoms with van der Waals surface area (Å²) in [6.45, 7) is 3.15. The highest BCUT2D eigenvalue weighted by Gasteiger charge is 2.19. The number of amides is 1. The van der Waals surface area contributed by atoms with Crippen molar-refractivity contribution in [3.05, 3.63) is 35.4 Å². The quantitative estimate of drug-likeness (QED) is 0.836. The van der Waals surface area contributed by atoms with Gasteiger partial charge in [0, 0.05) is 18.2 Å². The largest absolute Gasteiger partial charge is 0.366 e. The molecule has 1 aliphatic carbocycles. The Hall–Kier alpha value is -1.35. The van der Waals surface area contributed by atoms with E-state index in [9.17, 15) is 4.79 Å². The maximum absolute atomic E-state index is 11.0. The van der Waals surface area contributed by atoms with Crippen LogP contribution < -0.4 is 11.1 Å². The molecular weight excluding hydrogens is 248 g/mol. The fraction of sp³-hybridized carbons (Fsp3) is 0.588. The molecule has 0 radical (unpaired) electrons. The number of carbonyl (C=O) groups excluding carboxylic acids is 1. The fourth-order valence-corrected chi connectivity index (χ4v) is 3.11. The minimum absolute atomic E-state index is 0.362. The Labute approximate surface area is 121 Å². The number of benzene rings is 1. The van der Waals surface area contributed by atoms with Gasteiger partial charge in [-0.2, -0.15) is 0 Å². The van der Waals surface area contributed by atoms with Crippen LogP contribution in [0.2, 0.25) is 0 Å². The summed E-state index contributed by atoms with van der Waals surface area (Å²) in [5.74, 6) is 0.589. The first kappa shape index (κ1) is 15.0. The topological polar surface area (TPSA) is 55.1 Å². The number of nitrogens with two attached hydrogens (primary N) is 1. The van der Waals surface area contributed by atoms with Crippen molar-refractivity contribution in [2.24, 2.45) is 11.7 Å². The first-order chi connectivity index (χ1) is 9.69. The molecule has 3 heteroatoms. The summed E-state index contributed by atoms with van der Waals surface area (Å²) in [5, 5.41) is 3.63.